The monoisotopic (exact) mass is 371 g/mol. The number of fused-ring (bicyclic) bond motifs is 1. The summed E-state index contributed by atoms with van der Waals surface area (Å²) in [5.41, 5.74) is 1.34. The number of hydrogen-bond acceptors (Lipinski definition) is 5. The van der Waals surface area contributed by atoms with E-state index in [1.807, 2.05) is 18.2 Å². The predicted octanol–water partition coefficient (Wildman–Crippen LogP) is 3.23. The van der Waals surface area contributed by atoms with Gasteiger partial charge in [-0.1, -0.05) is 18.2 Å². The Morgan fingerprint density at radius 2 is 1.85 bits per heavy atom. The van der Waals surface area contributed by atoms with Crippen LogP contribution in [-0.4, -0.2) is 38.9 Å². The molecule has 0 saturated carbocycles. The Bertz CT molecular complexity index is 831. The lowest BCUT2D eigenvalue weighted by Crippen LogP contribution is -2.28. The molecular formula is C21H25NO5. The number of carbonyl (C=O) groups is 1. The zero-order valence-corrected chi connectivity index (χ0v) is 16.1. The summed E-state index contributed by atoms with van der Waals surface area (Å²) in [6.45, 7) is 4.79. The fourth-order valence-electron chi connectivity index (χ4n) is 3.19. The normalized spacial score (nSPS) is 14.1. The lowest BCUT2D eigenvalue weighted by Gasteiger charge is -2.18. The van der Waals surface area contributed by atoms with Gasteiger partial charge in [0, 0.05) is 12.0 Å². The fourth-order valence-corrected chi connectivity index (χ4v) is 3.19. The molecule has 0 fully saturated rings. The van der Waals surface area contributed by atoms with Crippen LogP contribution in [0.3, 0.4) is 0 Å². The summed E-state index contributed by atoms with van der Waals surface area (Å²) in [4.78, 5) is 12.4. The van der Waals surface area contributed by atoms with Crippen molar-refractivity contribution in [3.8, 4) is 23.0 Å². The molecule has 2 aromatic carbocycles. The van der Waals surface area contributed by atoms with Crippen molar-refractivity contribution in [3.63, 3.8) is 0 Å². The van der Waals surface area contributed by atoms with E-state index in [1.165, 1.54) is 14.2 Å². The van der Waals surface area contributed by atoms with E-state index in [0.29, 0.717) is 36.0 Å². The average Bonchev–Trinajstić information content (AvgIpc) is 2.98. The van der Waals surface area contributed by atoms with Crippen molar-refractivity contribution in [2.24, 2.45) is 0 Å². The van der Waals surface area contributed by atoms with Crippen molar-refractivity contribution in [2.45, 2.75) is 25.9 Å². The average molecular weight is 371 g/mol. The maximum atomic E-state index is 12.4. The van der Waals surface area contributed by atoms with E-state index in [4.69, 9.17) is 18.9 Å². The number of benzene rings is 2. The molecule has 0 aromatic heterocycles. The van der Waals surface area contributed by atoms with E-state index in [2.05, 4.69) is 19.2 Å². The number of para-hydroxylation sites is 2. The lowest BCUT2D eigenvalue weighted by molar-refractivity contribution is 0.0942. The maximum Gasteiger partial charge on any atom is 0.255 e. The molecule has 0 bridgehead atoms. The van der Waals surface area contributed by atoms with Crippen LogP contribution in [-0.2, 0) is 6.42 Å². The van der Waals surface area contributed by atoms with Gasteiger partial charge in [-0.3, -0.25) is 4.79 Å². The van der Waals surface area contributed by atoms with Gasteiger partial charge in [-0.25, -0.2) is 0 Å². The van der Waals surface area contributed by atoms with Gasteiger partial charge in [-0.2, -0.15) is 0 Å². The Balaban J connectivity index is 1.58. The number of ether oxygens (including phenoxy) is 4. The van der Waals surface area contributed by atoms with E-state index >= 15 is 0 Å². The fraction of sp³-hybridized carbons (Fsp3) is 0.381. The van der Waals surface area contributed by atoms with E-state index < -0.39 is 0 Å². The van der Waals surface area contributed by atoms with Crippen LogP contribution in [0.4, 0.5) is 0 Å². The van der Waals surface area contributed by atoms with Gasteiger partial charge in [0.15, 0.2) is 23.0 Å². The first-order chi connectivity index (χ1) is 12.9. The van der Waals surface area contributed by atoms with Crippen molar-refractivity contribution in [2.75, 3.05) is 27.4 Å². The highest BCUT2D eigenvalue weighted by Gasteiger charge is 2.32. The summed E-state index contributed by atoms with van der Waals surface area (Å²) in [5.74, 6) is 2.18. The second-order valence-corrected chi connectivity index (χ2v) is 6.93. The number of hydrogen-bond donors (Lipinski definition) is 1. The second-order valence-electron chi connectivity index (χ2n) is 6.93. The molecule has 1 aliphatic rings. The summed E-state index contributed by atoms with van der Waals surface area (Å²) in [6.07, 6.45) is 0.853. The van der Waals surface area contributed by atoms with Crippen LogP contribution < -0.4 is 24.3 Å². The molecule has 2 aromatic rings. The van der Waals surface area contributed by atoms with Crippen LogP contribution in [0.2, 0.25) is 0 Å². The van der Waals surface area contributed by atoms with Crippen molar-refractivity contribution >= 4 is 5.91 Å². The minimum absolute atomic E-state index is 0.223. The van der Waals surface area contributed by atoms with Gasteiger partial charge >= 0.3 is 0 Å². The van der Waals surface area contributed by atoms with Crippen molar-refractivity contribution in [1.82, 2.24) is 5.32 Å². The topological polar surface area (TPSA) is 66.0 Å². The molecule has 6 nitrogen and oxygen atoms in total. The van der Waals surface area contributed by atoms with Crippen molar-refractivity contribution in [1.29, 1.82) is 0 Å². The van der Waals surface area contributed by atoms with Gasteiger partial charge in [0.25, 0.3) is 5.91 Å². The SMILES string of the molecule is COc1cccc(C(=O)NCCOc2cccc3c2OC(C)(C)C3)c1OC. The van der Waals surface area contributed by atoms with Crippen molar-refractivity contribution < 1.29 is 23.7 Å². The van der Waals surface area contributed by atoms with Gasteiger partial charge in [-0.05, 0) is 32.0 Å². The molecule has 0 spiro atoms. The highest BCUT2D eigenvalue weighted by Crippen LogP contribution is 2.41. The Hall–Kier alpha value is -2.89. The molecule has 0 unspecified atom stereocenters. The molecule has 6 heteroatoms. The first-order valence-corrected chi connectivity index (χ1v) is 8.88. The van der Waals surface area contributed by atoms with Crippen LogP contribution in [0.15, 0.2) is 36.4 Å². The summed E-state index contributed by atoms with van der Waals surface area (Å²) < 4.78 is 22.3. The summed E-state index contributed by atoms with van der Waals surface area (Å²) in [5, 5.41) is 2.84. The first kappa shape index (κ1) is 18.9. The summed E-state index contributed by atoms with van der Waals surface area (Å²) in [6, 6.07) is 11.1. The lowest BCUT2D eigenvalue weighted by atomic mass is 10.0. The largest absolute Gasteiger partial charge is 0.493 e. The molecular weight excluding hydrogens is 346 g/mol. The number of rotatable bonds is 7. The minimum Gasteiger partial charge on any atom is -0.493 e. The second kappa shape index (κ2) is 7.78. The summed E-state index contributed by atoms with van der Waals surface area (Å²) >= 11 is 0. The van der Waals surface area contributed by atoms with Gasteiger partial charge in [-0.15, -0.1) is 0 Å². The third-order valence-electron chi connectivity index (χ3n) is 4.35. The van der Waals surface area contributed by atoms with Crippen LogP contribution in [0.5, 0.6) is 23.0 Å². The van der Waals surface area contributed by atoms with E-state index in [1.54, 1.807) is 18.2 Å². The van der Waals surface area contributed by atoms with Crippen LogP contribution in [0.1, 0.15) is 29.8 Å². The van der Waals surface area contributed by atoms with E-state index in [9.17, 15) is 4.79 Å². The van der Waals surface area contributed by atoms with E-state index in [-0.39, 0.29) is 11.5 Å². The van der Waals surface area contributed by atoms with Gasteiger partial charge in [0.05, 0.1) is 26.3 Å². The number of nitrogens with one attached hydrogen (secondary N) is 1. The zero-order valence-electron chi connectivity index (χ0n) is 16.1. The zero-order chi connectivity index (χ0) is 19.4. The molecule has 144 valence electrons. The first-order valence-electron chi connectivity index (χ1n) is 8.88. The number of methoxy groups -OCH3 is 2. The minimum atomic E-state index is -0.245. The Kier molecular flexibility index (Phi) is 5.44. The molecule has 1 N–H and O–H groups in total. The Labute approximate surface area is 159 Å². The third-order valence-corrected chi connectivity index (χ3v) is 4.35. The molecule has 0 atom stereocenters. The molecule has 0 saturated heterocycles. The number of amides is 1. The Morgan fingerprint density at radius 3 is 2.59 bits per heavy atom. The molecule has 1 aliphatic heterocycles. The van der Waals surface area contributed by atoms with E-state index in [0.717, 1.165) is 17.7 Å². The smallest absolute Gasteiger partial charge is 0.255 e. The molecule has 3 rings (SSSR count). The Morgan fingerprint density at radius 1 is 1.11 bits per heavy atom. The van der Waals surface area contributed by atoms with Gasteiger partial charge < -0.3 is 24.3 Å². The summed E-state index contributed by atoms with van der Waals surface area (Å²) in [7, 11) is 3.05. The van der Waals surface area contributed by atoms with Crippen LogP contribution in [0, 0.1) is 0 Å². The highest BCUT2D eigenvalue weighted by molar-refractivity contribution is 5.97. The molecule has 0 aliphatic carbocycles. The third kappa shape index (κ3) is 4.10. The molecule has 1 heterocycles. The molecule has 1 amide bonds. The molecule has 0 radical (unpaired) electrons. The molecule has 27 heavy (non-hydrogen) atoms. The standard InChI is InChI=1S/C21H25NO5/c1-21(2)13-14-7-5-10-17(18(14)27-21)26-12-11-22-20(23)15-8-6-9-16(24-3)19(15)25-4/h5-10H,11-13H2,1-4H3,(H,22,23). The van der Waals surface area contributed by atoms with Crippen LogP contribution >= 0.6 is 0 Å². The maximum absolute atomic E-state index is 12.4. The highest BCUT2D eigenvalue weighted by atomic mass is 16.5. The predicted molar refractivity (Wildman–Crippen MR) is 102 cm³/mol. The van der Waals surface area contributed by atoms with Gasteiger partial charge in [0.1, 0.15) is 12.2 Å². The van der Waals surface area contributed by atoms with Crippen LogP contribution in [0.25, 0.3) is 0 Å². The van der Waals surface area contributed by atoms with Crippen molar-refractivity contribution in [3.05, 3.63) is 47.5 Å². The quantitative estimate of drug-likeness (QED) is 0.757. The van der Waals surface area contributed by atoms with Gasteiger partial charge in [0.2, 0.25) is 0 Å². The number of carbonyl (C=O) groups excluding carboxylic acids is 1.